The van der Waals surface area contributed by atoms with Crippen molar-refractivity contribution in [2.75, 3.05) is 0 Å². The number of carbonyl (C=O) groups is 1. The molecule has 0 saturated heterocycles. The van der Waals surface area contributed by atoms with E-state index >= 15 is 0 Å². The summed E-state index contributed by atoms with van der Waals surface area (Å²) in [5.41, 5.74) is -0.357. The number of ketones is 1. The van der Waals surface area contributed by atoms with E-state index in [1.807, 2.05) is 0 Å². The van der Waals surface area contributed by atoms with Crippen LogP contribution in [0.3, 0.4) is 0 Å². The highest BCUT2D eigenvalue weighted by atomic mass is 35.5. The summed E-state index contributed by atoms with van der Waals surface area (Å²) >= 11 is 5.34. The first-order valence-electron chi connectivity index (χ1n) is 3.85. The average Bonchev–Trinajstić information content (AvgIpc) is 2.11. The van der Waals surface area contributed by atoms with Crippen LogP contribution in [0.5, 0.6) is 0 Å². The zero-order valence-electron chi connectivity index (χ0n) is 7.24. The molecular weight excluding hydrogens is 236 g/mol. The maximum Gasteiger partial charge on any atom is 0.450 e. The van der Waals surface area contributed by atoms with Gasteiger partial charge >= 0.3 is 6.18 Å². The van der Waals surface area contributed by atoms with Gasteiger partial charge in [-0.1, -0.05) is 23.7 Å². The second-order valence-electron chi connectivity index (χ2n) is 2.81. The summed E-state index contributed by atoms with van der Waals surface area (Å²) < 4.78 is 48.7. The van der Waals surface area contributed by atoms with Crippen molar-refractivity contribution in [1.29, 1.82) is 0 Å². The minimum atomic E-state index is -4.95. The van der Waals surface area contributed by atoms with Gasteiger partial charge in [-0.15, -0.1) is 0 Å². The van der Waals surface area contributed by atoms with Crippen molar-refractivity contribution in [3.8, 4) is 0 Å². The standard InChI is InChI=1S/C9H5ClF4O/c10-6-3-1-2-5(8(6)11)4-7(15)9(12,13)14/h1-3H,4H2. The summed E-state index contributed by atoms with van der Waals surface area (Å²) in [6.07, 6.45) is -5.98. The van der Waals surface area contributed by atoms with Gasteiger partial charge in [-0.3, -0.25) is 4.79 Å². The fourth-order valence-electron chi connectivity index (χ4n) is 0.958. The molecule has 15 heavy (non-hydrogen) atoms. The molecular formula is C9H5ClF4O. The number of benzene rings is 1. The molecule has 0 aliphatic rings. The van der Waals surface area contributed by atoms with Crippen molar-refractivity contribution in [3.63, 3.8) is 0 Å². The highest BCUT2D eigenvalue weighted by molar-refractivity contribution is 6.30. The Balaban J connectivity index is 2.91. The first-order chi connectivity index (χ1) is 6.82. The molecule has 0 bridgehead atoms. The first-order valence-corrected chi connectivity index (χ1v) is 4.23. The van der Waals surface area contributed by atoms with Gasteiger partial charge in [0.05, 0.1) is 5.02 Å². The molecule has 1 aromatic carbocycles. The first kappa shape index (κ1) is 12.0. The molecule has 0 unspecified atom stereocenters. The summed E-state index contributed by atoms with van der Waals surface area (Å²) in [4.78, 5) is 10.6. The van der Waals surface area contributed by atoms with E-state index in [1.54, 1.807) is 0 Å². The number of Topliss-reactive ketones (excluding diaryl/α,β-unsaturated/α-hetero) is 1. The van der Waals surface area contributed by atoms with Gasteiger partial charge in [-0.25, -0.2) is 4.39 Å². The maximum absolute atomic E-state index is 13.1. The number of carbonyl (C=O) groups excluding carboxylic acids is 1. The van der Waals surface area contributed by atoms with Gasteiger partial charge in [0.2, 0.25) is 5.78 Å². The van der Waals surface area contributed by atoms with E-state index in [1.165, 1.54) is 12.1 Å². The quantitative estimate of drug-likeness (QED) is 0.726. The largest absolute Gasteiger partial charge is 0.450 e. The van der Waals surface area contributed by atoms with Crippen LogP contribution in [0.25, 0.3) is 0 Å². The molecule has 0 spiro atoms. The molecule has 0 fully saturated rings. The van der Waals surface area contributed by atoms with Crippen LogP contribution in [-0.4, -0.2) is 12.0 Å². The highest BCUT2D eigenvalue weighted by Crippen LogP contribution is 2.22. The zero-order chi connectivity index (χ0) is 11.6. The van der Waals surface area contributed by atoms with Crippen LogP contribution in [0.2, 0.25) is 5.02 Å². The summed E-state index contributed by atoms with van der Waals surface area (Å²) in [5, 5.41) is -0.303. The van der Waals surface area contributed by atoms with Gasteiger partial charge in [0.15, 0.2) is 0 Å². The molecule has 0 aliphatic carbocycles. The molecule has 0 heterocycles. The fraction of sp³-hybridized carbons (Fsp3) is 0.222. The Labute approximate surface area is 87.7 Å². The van der Waals surface area contributed by atoms with Gasteiger partial charge in [0.25, 0.3) is 0 Å². The van der Waals surface area contributed by atoms with Crippen LogP contribution < -0.4 is 0 Å². The molecule has 1 rings (SSSR count). The molecule has 0 radical (unpaired) electrons. The Kier molecular flexibility index (Phi) is 3.34. The lowest BCUT2D eigenvalue weighted by molar-refractivity contribution is -0.170. The molecule has 1 nitrogen and oxygen atoms in total. The van der Waals surface area contributed by atoms with Crippen LogP contribution >= 0.6 is 11.6 Å². The normalized spacial score (nSPS) is 11.5. The number of hydrogen-bond acceptors (Lipinski definition) is 1. The van der Waals surface area contributed by atoms with Gasteiger partial charge in [-0.2, -0.15) is 13.2 Å². The van der Waals surface area contributed by atoms with E-state index in [0.717, 1.165) is 6.07 Å². The SMILES string of the molecule is O=C(Cc1cccc(Cl)c1F)C(F)(F)F. The molecule has 82 valence electrons. The summed E-state index contributed by atoms with van der Waals surface area (Å²) in [7, 11) is 0. The Morgan fingerprint density at radius 1 is 1.33 bits per heavy atom. The van der Waals surface area contributed by atoms with Crippen LogP contribution in [0.4, 0.5) is 17.6 Å². The Morgan fingerprint density at radius 3 is 2.47 bits per heavy atom. The third-order valence-corrected chi connectivity index (χ3v) is 1.99. The van der Waals surface area contributed by atoms with Crippen molar-refractivity contribution < 1.29 is 22.4 Å². The molecule has 1 aromatic rings. The smallest absolute Gasteiger partial charge is 0.289 e. The highest BCUT2D eigenvalue weighted by Gasteiger charge is 2.38. The lowest BCUT2D eigenvalue weighted by Crippen LogP contribution is -2.24. The van der Waals surface area contributed by atoms with E-state index < -0.39 is 24.2 Å². The minimum Gasteiger partial charge on any atom is -0.289 e. The van der Waals surface area contributed by atoms with Crippen molar-refractivity contribution in [2.45, 2.75) is 12.6 Å². The third-order valence-electron chi connectivity index (χ3n) is 1.70. The van der Waals surface area contributed by atoms with Crippen molar-refractivity contribution >= 4 is 17.4 Å². The lowest BCUT2D eigenvalue weighted by atomic mass is 10.1. The van der Waals surface area contributed by atoms with Gasteiger partial charge in [0, 0.05) is 6.42 Å². The van der Waals surface area contributed by atoms with Crippen LogP contribution in [0, 0.1) is 5.82 Å². The van der Waals surface area contributed by atoms with Crippen molar-refractivity contribution in [3.05, 3.63) is 34.6 Å². The second kappa shape index (κ2) is 4.18. The van der Waals surface area contributed by atoms with Gasteiger partial charge in [0.1, 0.15) is 5.82 Å². The minimum absolute atomic E-state index is 0.303. The Morgan fingerprint density at radius 2 is 1.93 bits per heavy atom. The van der Waals surface area contributed by atoms with Crippen LogP contribution in [0.1, 0.15) is 5.56 Å². The monoisotopic (exact) mass is 240 g/mol. The molecule has 6 heteroatoms. The molecule has 0 N–H and O–H groups in total. The van der Waals surface area contributed by atoms with E-state index in [9.17, 15) is 22.4 Å². The fourth-order valence-corrected chi connectivity index (χ4v) is 1.15. The summed E-state index contributed by atoms with van der Waals surface area (Å²) in [5.74, 6) is -2.99. The molecule has 0 saturated carbocycles. The number of alkyl halides is 3. The van der Waals surface area contributed by atoms with Crippen LogP contribution in [0.15, 0.2) is 18.2 Å². The average molecular weight is 241 g/mol. The summed E-state index contributed by atoms with van der Waals surface area (Å²) in [6.45, 7) is 0. The third kappa shape index (κ3) is 2.92. The number of hydrogen-bond donors (Lipinski definition) is 0. The zero-order valence-corrected chi connectivity index (χ0v) is 7.99. The molecule has 0 amide bonds. The number of rotatable bonds is 2. The van der Waals surface area contributed by atoms with Gasteiger partial charge < -0.3 is 0 Å². The van der Waals surface area contributed by atoms with Crippen molar-refractivity contribution in [2.24, 2.45) is 0 Å². The van der Waals surface area contributed by atoms with E-state index in [0.29, 0.717) is 0 Å². The van der Waals surface area contributed by atoms with E-state index in [2.05, 4.69) is 0 Å². The second-order valence-corrected chi connectivity index (χ2v) is 3.22. The topological polar surface area (TPSA) is 17.1 Å². The Bertz CT molecular complexity index is 386. The molecule has 0 atom stereocenters. The maximum atomic E-state index is 13.1. The predicted octanol–water partition coefficient (Wildman–Crippen LogP) is 3.15. The number of halogens is 5. The van der Waals surface area contributed by atoms with E-state index in [4.69, 9.17) is 11.6 Å². The summed E-state index contributed by atoms with van der Waals surface area (Å²) in [6, 6.07) is 3.56. The molecule has 0 aromatic heterocycles. The Hall–Kier alpha value is -1.10. The predicted molar refractivity (Wildman–Crippen MR) is 46.2 cm³/mol. The lowest BCUT2D eigenvalue weighted by Gasteiger charge is -2.06. The van der Waals surface area contributed by atoms with Gasteiger partial charge in [-0.05, 0) is 11.6 Å². The molecule has 0 aliphatic heterocycles. The van der Waals surface area contributed by atoms with Crippen LogP contribution in [-0.2, 0) is 11.2 Å². The van der Waals surface area contributed by atoms with E-state index in [-0.39, 0.29) is 10.6 Å². The van der Waals surface area contributed by atoms with Crippen molar-refractivity contribution in [1.82, 2.24) is 0 Å².